The van der Waals surface area contributed by atoms with Gasteiger partial charge in [0.1, 0.15) is 0 Å². The van der Waals surface area contributed by atoms with E-state index >= 15 is 0 Å². The quantitative estimate of drug-likeness (QED) is 0.820. The van der Waals surface area contributed by atoms with Gasteiger partial charge in [-0.3, -0.25) is 0 Å². The van der Waals surface area contributed by atoms with Crippen molar-refractivity contribution in [2.45, 2.75) is 6.61 Å². The van der Waals surface area contributed by atoms with E-state index in [9.17, 15) is 0 Å². The van der Waals surface area contributed by atoms with Gasteiger partial charge >= 0.3 is 0 Å². The number of aliphatic hydroxyl groups excluding tert-OH is 1. The van der Waals surface area contributed by atoms with Gasteiger partial charge in [-0.2, -0.15) is 9.30 Å². The van der Waals surface area contributed by atoms with Crippen molar-refractivity contribution in [2.24, 2.45) is 0 Å². The van der Waals surface area contributed by atoms with Crippen LogP contribution in [0.2, 0.25) is 0 Å². The smallest absolute Gasteiger partial charge is 0.0900 e. The number of rotatable bonds is 2. The molecule has 0 spiro atoms. The average molecular weight is 209 g/mol. The number of aromatic nitrogens is 2. The predicted molar refractivity (Wildman–Crippen MR) is 54.8 cm³/mol. The average Bonchev–Trinajstić information content (AvgIpc) is 2.61. The summed E-state index contributed by atoms with van der Waals surface area (Å²) in [4.78, 5) is 0. The molecule has 0 aliphatic heterocycles. The molecule has 0 fully saturated rings. The minimum Gasteiger partial charge on any atom is -0.390 e. The van der Waals surface area contributed by atoms with Crippen molar-refractivity contribution in [3.05, 3.63) is 42.1 Å². The lowest BCUT2D eigenvalue weighted by atomic mass is 10.1. The monoisotopic (exact) mass is 208 g/mol. The molecule has 0 aliphatic rings. The van der Waals surface area contributed by atoms with Crippen LogP contribution in [0.4, 0.5) is 0 Å². The Kier molecular flexibility index (Phi) is 2.52. The van der Waals surface area contributed by atoms with Gasteiger partial charge in [0.25, 0.3) is 0 Å². The number of hydrogen-bond donors (Lipinski definition) is 1. The fourth-order valence-corrected chi connectivity index (χ4v) is 1.53. The summed E-state index contributed by atoms with van der Waals surface area (Å²) in [6, 6.07) is 11.4. The Morgan fingerprint density at radius 2 is 2.00 bits per heavy atom. The summed E-state index contributed by atoms with van der Waals surface area (Å²) in [7, 11) is 0. The van der Waals surface area contributed by atoms with Crippen LogP contribution in [0.5, 0.6) is 0 Å². The third-order valence-corrected chi connectivity index (χ3v) is 2.21. The Bertz CT molecular complexity index is 425. The molecule has 2 rings (SSSR count). The number of nitrogens with zero attached hydrogens (tertiary/aromatic N) is 2. The molecule has 0 bridgehead atoms. The maximum absolute atomic E-state index is 8.89. The van der Waals surface area contributed by atoms with Crippen molar-refractivity contribution in [3.63, 3.8) is 0 Å². The molecule has 0 atom stereocenters. The number of aliphatic hydroxyl groups is 1. The molecular formula is C10H9ClN2O. The zero-order chi connectivity index (χ0) is 9.97. The molecule has 4 heteroatoms. The van der Waals surface area contributed by atoms with E-state index in [-0.39, 0.29) is 6.61 Å². The van der Waals surface area contributed by atoms with Gasteiger partial charge < -0.3 is 5.11 Å². The third kappa shape index (κ3) is 1.64. The molecule has 3 nitrogen and oxygen atoms in total. The highest BCUT2D eigenvalue weighted by Gasteiger charge is 2.06. The number of halogens is 1. The molecule has 0 radical (unpaired) electrons. The van der Waals surface area contributed by atoms with E-state index in [2.05, 4.69) is 5.10 Å². The number of benzene rings is 1. The van der Waals surface area contributed by atoms with E-state index in [0.717, 1.165) is 11.3 Å². The Morgan fingerprint density at radius 1 is 1.29 bits per heavy atom. The lowest BCUT2D eigenvalue weighted by Gasteiger charge is -1.97. The van der Waals surface area contributed by atoms with Gasteiger partial charge in [0.05, 0.1) is 18.0 Å². The molecule has 0 aliphatic carbocycles. The molecule has 0 saturated heterocycles. The van der Waals surface area contributed by atoms with Gasteiger partial charge in [-0.25, -0.2) is 0 Å². The second kappa shape index (κ2) is 3.82. The summed E-state index contributed by atoms with van der Waals surface area (Å²) < 4.78 is 1.25. The predicted octanol–water partition coefficient (Wildman–Crippen LogP) is 2.04. The van der Waals surface area contributed by atoms with Crippen molar-refractivity contribution < 1.29 is 5.11 Å². The summed E-state index contributed by atoms with van der Waals surface area (Å²) in [6.07, 6.45) is 0. The highest BCUT2D eigenvalue weighted by Crippen LogP contribution is 2.20. The zero-order valence-electron chi connectivity index (χ0n) is 7.39. The zero-order valence-corrected chi connectivity index (χ0v) is 8.15. The van der Waals surface area contributed by atoms with Gasteiger partial charge in [0.15, 0.2) is 0 Å². The minimum atomic E-state index is -0.0977. The molecule has 1 N–H and O–H groups in total. The third-order valence-electron chi connectivity index (χ3n) is 1.95. The van der Waals surface area contributed by atoms with Crippen LogP contribution in [0, 0.1) is 0 Å². The topological polar surface area (TPSA) is 38.0 Å². The van der Waals surface area contributed by atoms with Crippen LogP contribution in [0.25, 0.3) is 11.3 Å². The summed E-state index contributed by atoms with van der Waals surface area (Å²) in [6.45, 7) is -0.0977. The maximum atomic E-state index is 8.89. The SMILES string of the molecule is OCc1cc(-c2ccccc2)n(Cl)n1. The first-order valence-corrected chi connectivity index (χ1v) is 4.56. The van der Waals surface area contributed by atoms with Gasteiger partial charge in [-0.15, -0.1) is 0 Å². The highest BCUT2D eigenvalue weighted by molar-refractivity contribution is 6.16. The van der Waals surface area contributed by atoms with Crippen LogP contribution < -0.4 is 0 Å². The van der Waals surface area contributed by atoms with E-state index < -0.39 is 0 Å². The minimum absolute atomic E-state index is 0.0977. The van der Waals surface area contributed by atoms with Gasteiger partial charge in [-0.05, 0) is 6.07 Å². The molecular weight excluding hydrogens is 200 g/mol. The molecule has 0 saturated carbocycles. The van der Waals surface area contributed by atoms with Crippen LogP contribution in [0.1, 0.15) is 5.69 Å². The van der Waals surface area contributed by atoms with Crippen LogP contribution >= 0.6 is 11.8 Å². The fourth-order valence-electron chi connectivity index (χ4n) is 1.28. The van der Waals surface area contributed by atoms with Crippen molar-refractivity contribution in [3.8, 4) is 11.3 Å². The summed E-state index contributed by atoms with van der Waals surface area (Å²) in [5.74, 6) is 0. The molecule has 1 heterocycles. The summed E-state index contributed by atoms with van der Waals surface area (Å²) in [5, 5.41) is 12.8. The second-order valence-electron chi connectivity index (χ2n) is 2.91. The fraction of sp³-hybridized carbons (Fsp3) is 0.100. The Labute approximate surface area is 86.7 Å². The van der Waals surface area contributed by atoms with Crippen molar-refractivity contribution in [1.82, 2.24) is 9.30 Å². The first kappa shape index (κ1) is 9.24. The Morgan fingerprint density at radius 3 is 2.57 bits per heavy atom. The second-order valence-corrected chi connectivity index (χ2v) is 3.23. The van der Waals surface area contributed by atoms with Crippen LogP contribution in [-0.4, -0.2) is 14.4 Å². The first-order valence-electron chi connectivity index (χ1n) is 4.22. The summed E-state index contributed by atoms with van der Waals surface area (Å²) in [5.41, 5.74) is 2.34. The standard InChI is InChI=1S/C10H9ClN2O/c11-13-10(6-9(7-14)12-13)8-4-2-1-3-5-8/h1-6,14H,7H2. The van der Waals surface area contributed by atoms with Crippen LogP contribution in [0.15, 0.2) is 36.4 Å². The van der Waals surface area contributed by atoms with E-state index in [4.69, 9.17) is 16.9 Å². The van der Waals surface area contributed by atoms with Crippen molar-refractivity contribution >= 4 is 11.8 Å². The van der Waals surface area contributed by atoms with E-state index in [0.29, 0.717) is 5.69 Å². The van der Waals surface area contributed by atoms with Crippen molar-refractivity contribution in [2.75, 3.05) is 0 Å². The highest BCUT2D eigenvalue weighted by atomic mass is 35.5. The molecule has 0 unspecified atom stereocenters. The van der Waals surface area contributed by atoms with E-state index in [1.54, 1.807) is 6.07 Å². The molecule has 72 valence electrons. The van der Waals surface area contributed by atoms with Gasteiger partial charge in [0, 0.05) is 17.3 Å². The molecule has 1 aromatic heterocycles. The van der Waals surface area contributed by atoms with E-state index in [1.807, 2.05) is 30.3 Å². The van der Waals surface area contributed by atoms with Crippen LogP contribution in [0.3, 0.4) is 0 Å². The van der Waals surface area contributed by atoms with Crippen LogP contribution in [-0.2, 0) is 6.61 Å². The summed E-state index contributed by atoms with van der Waals surface area (Å²) >= 11 is 5.85. The first-order chi connectivity index (χ1) is 6.81. The van der Waals surface area contributed by atoms with Gasteiger partial charge in [0.2, 0.25) is 0 Å². The maximum Gasteiger partial charge on any atom is 0.0900 e. The van der Waals surface area contributed by atoms with Crippen molar-refractivity contribution in [1.29, 1.82) is 0 Å². The van der Waals surface area contributed by atoms with Gasteiger partial charge in [-0.1, -0.05) is 30.3 Å². The molecule has 1 aromatic carbocycles. The molecule has 0 amide bonds. The van der Waals surface area contributed by atoms with E-state index in [1.165, 1.54) is 4.20 Å². The lowest BCUT2D eigenvalue weighted by Crippen LogP contribution is -1.88. The normalized spacial score (nSPS) is 10.4. The molecule has 2 aromatic rings. The Hall–Kier alpha value is -1.32. The number of hydrogen-bond acceptors (Lipinski definition) is 2. The lowest BCUT2D eigenvalue weighted by molar-refractivity contribution is 0.276. The molecule has 14 heavy (non-hydrogen) atoms. The largest absolute Gasteiger partial charge is 0.390 e. The Balaban J connectivity index is 2.46.